The molecule has 1 aliphatic rings. The maximum atomic E-state index is 12.9. The molecule has 0 saturated carbocycles. The molecular formula is C21H24N4O7. The lowest BCUT2D eigenvalue weighted by Crippen LogP contribution is -2.51. The van der Waals surface area contributed by atoms with Gasteiger partial charge in [-0.25, -0.2) is 14.6 Å². The van der Waals surface area contributed by atoms with Gasteiger partial charge in [-0.1, -0.05) is 6.07 Å². The van der Waals surface area contributed by atoms with Crippen molar-refractivity contribution in [3.63, 3.8) is 0 Å². The van der Waals surface area contributed by atoms with Gasteiger partial charge in [-0.3, -0.25) is 9.59 Å². The SMILES string of the molecule is CCOC(=O)N1CCN(C(=O)Cc2nc3cccc(C(N)=O)c3c(C(=O)O)c2OC)CC1. The summed E-state index contributed by atoms with van der Waals surface area (Å²) in [5.74, 6) is -2.52. The first-order valence-electron chi connectivity index (χ1n) is 10.0. The standard InChI is InChI=1S/C21H24N4O7/c1-3-32-21(30)25-9-7-24(8-10-25)15(26)11-14-18(31-2)17(20(28)29)16-12(19(22)27)5-4-6-13(16)23-14/h4-6H,3,7-11H2,1-2H3,(H2,22,27)(H,28,29). The third-order valence-corrected chi connectivity index (χ3v) is 5.20. The Morgan fingerprint density at radius 2 is 1.78 bits per heavy atom. The Kier molecular flexibility index (Phi) is 6.76. The zero-order valence-electron chi connectivity index (χ0n) is 17.8. The lowest BCUT2D eigenvalue weighted by Gasteiger charge is -2.34. The molecule has 3 amide bonds. The smallest absolute Gasteiger partial charge is 0.409 e. The minimum absolute atomic E-state index is 0.00124. The Morgan fingerprint density at radius 1 is 1.12 bits per heavy atom. The molecule has 1 aromatic heterocycles. The number of nitrogens with two attached hydrogens (primary N) is 1. The van der Waals surface area contributed by atoms with Gasteiger partial charge in [-0.15, -0.1) is 0 Å². The van der Waals surface area contributed by atoms with Crippen LogP contribution >= 0.6 is 0 Å². The van der Waals surface area contributed by atoms with Crippen molar-refractivity contribution in [2.75, 3.05) is 39.9 Å². The van der Waals surface area contributed by atoms with E-state index in [2.05, 4.69) is 4.98 Å². The molecule has 170 valence electrons. The quantitative estimate of drug-likeness (QED) is 0.666. The molecule has 0 atom stereocenters. The number of fused-ring (bicyclic) bond motifs is 1. The van der Waals surface area contributed by atoms with Crippen LogP contribution < -0.4 is 10.5 Å². The third kappa shape index (κ3) is 4.41. The molecule has 0 radical (unpaired) electrons. The third-order valence-electron chi connectivity index (χ3n) is 5.20. The molecular weight excluding hydrogens is 420 g/mol. The lowest BCUT2D eigenvalue weighted by molar-refractivity contribution is -0.132. The van der Waals surface area contributed by atoms with E-state index in [1.54, 1.807) is 17.9 Å². The number of methoxy groups -OCH3 is 1. The number of pyridine rings is 1. The van der Waals surface area contributed by atoms with Gasteiger partial charge in [0.05, 0.1) is 31.3 Å². The number of carboxylic acids is 1. The van der Waals surface area contributed by atoms with Gasteiger partial charge < -0.3 is 30.1 Å². The summed E-state index contributed by atoms with van der Waals surface area (Å²) in [6, 6.07) is 4.49. The fraction of sp³-hybridized carbons (Fsp3) is 0.381. The van der Waals surface area contributed by atoms with Crippen molar-refractivity contribution in [2.24, 2.45) is 5.73 Å². The number of aromatic carboxylic acids is 1. The van der Waals surface area contributed by atoms with Gasteiger partial charge in [-0.05, 0) is 19.1 Å². The van der Waals surface area contributed by atoms with Gasteiger partial charge in [0.2, 0.25) is 11.8 Å². The molecule has 1 aliphatic heterocycles. The highest BCUT2D eigenvalue weighted by Crippen LogP contribution is 2.32. The van der Waals surface area contributed by atoms with E-state index >= 15 is 0 Å². The van der Waals surface area contributed by atoms with Crippen LogP contribution in [0.25, 0.3) is 10.9 Å². The topological polar surface area (TPSA) is 152 Å². The zero-order chi connectivity index (χ0) is 23.4. The van der Waals surface area contributed by atoms with E-state index in [9.17, 15) is 24.3 Å². The Morgan fingerprint density at radius 3 is 2.34 bits per heavy atom. The van der Waals surface area contributed by atoms with Crippen molar-refractivity contribution in [2.45, 2.75) is 13.3 Å². The summed E-state index contributed by atoms with van der Waals surface area (Å²) in [6.07, 6.45) is -0.631. The predicted octanol–water partition coefficient (Wildman–Crippen LogP) is 0.884. The van der Waals surface area contributed by atoms with Crippen LogP contribution in [0.2, 0.25) is 0 Å². The molecule has 1 fully saturated rings. The first-order chi connectivity index (χ1) is 15.3. The van der Waals surface area contributed by atoms with E-state index in [0.717, 1.165) is 0 Å². The number of carboxylic acid groups (broad SMARTS) is 1. The van der Waals surface area contributed by atoms with Crippen molar-refractivity contribution in [3.05, 3.63) is 35.0 Å². The molecule has 32 heavy (non-hydrogen) atoms. The molecule has 3 N–H and O–H groups in total. The van der Waals surface area contributed by atoms with Crippen LogP contribution in [0.3, 0.4) is 0 Å². The summed E-state index contributed by atoms with van der Waals surface area (Å²) >= 11 is 0. The Labute approximate surface area is 183 Å². The largest absolute Gasteiger partial charge is 0.494 e. The number of ether oxygens (including phenoxy) is 2. The molecule has 1 saturated heterocycles. The number of amides is 3. The minimum Gasteiger partial charge on any atom is -0.494 e. The number of carbonyl (C=O) groups excluding carboxylic acids is 3. The minimum atomic E-state index is -1.33. The summed E-state index contributed by atoms with van der Waals surface area (Å²) in [5.41, 5.74) is 5.49. The molecule has 2 heterocycles. The van der Waals surface area contributed by atoms with Crippen molar-refractivity contribution >= 4 is 34.8 Å². The highest BCUT2D eigenvalue weighted by atomic mass is 16.6. The first kappa shape index (κ1) is 22.8. The number of rotatable bonds is 6. The number of benzene rings is 1. The van der Waals surface area contributed by atoms with Crippen LogP contribution in [-0.2, 0) is 16.0 Å². The van der Waals surface area contributed by atoms with E-state index in [-0.39, 0.29) is 52.4 Å². The van der Waals surface area contributed by atoms with Crippen molar-refractivity contribution in [1.29, 1.82) is 0 Å². The van der Waals surface area contributed by atoms with Crippen LogP contribution in [0.15, 0.2) is 18.2 Å². The van der Waals surface area contributed by atoms with E-state index < -0.39 is 18.0 Å². The first-order valence-corrected chi connectivity index (χ1v) is 10.0. The second-order valence-electron chi connectivity index (χ2n) is 7.08. The Balaban J connectivity index is 1.91. The average molecular weight is 444 g/mol. The summed E-state index contributed by atoms with van der Waals surface area (Å²) in [5, 5.41) is 9.89. The molecule has 11 nitrogen and oxygen atoms in total. The van der Waals surface area contributed by atoms with Crippen molar-refractivity contribution in [1.82, 2.24) is 14.8 Å². The normalized spacial score (nSPS) is 13.7. The number of nitrogens with zero attached hydrogens (tertiary/aromatic N) is 3. The number of piperazine rings is 1. The number of hydrogen-bond donors (Lipinski definition) is 2. The Bertz CT molecular complexity index is 1080. The Hall–Kier alpha value is -3.89. The molecule has 3 rings (SSSR count). The fourth-order valence-corrected chi connectivity index (χ4v) is 3.71. The molecule has 0 unspecified atom stereocenters. The van der Waals surface area contributed by atoms with Gasteiger partial charge in [0.15, 0.2) is 5.75 Å². The average Bonchev–Trinajstić information content (AvgIpc) is 2.77. The molecule has 11 heteroatoms. The summed E-state index contributed by atoms with van der Waals surface area (Å²) in [6.45, 7) is 3.27. The number of hydrogen-bond acceptors (Lipinski definition) is 7. The summed E-state index contributed by atoms with van der Waals surface area (Å²) < 4.78 is 10.3. The highest BCUT2D eigenvalue weighted by molar-refractivity contribution is 6.14. The van der Waals surface area contributed by atoms with Gasteiger partial charge >= 0.3 is 12.1 Å². The van der Waals surface area contributed by atoms with Crippen LogP contribution in [0.4, 0.5) is 4.79 Å². The maximum absolute atomic E-state index is 12.9. The maximum Gasteiger partial charge on any atom is 0.409 e. The van der Waals surface area contributed by atoms with Crippen molar-refractivity contribution in [3.8, 4) is 5.75 Å². The molecule has 2 aromatic rings. The summed E-state index contributed by atoms with van der Waals surface area (Å²) in [7, 11) is 1.27. The second-order valence-corrected chi connectivity index (χ2v) is 7.08. The van der Waals surface area contributed by atoms with Crippen molar-refractivity contribution < 1.29 is 33.8 Å². The molecule has 0 bridgehead atoms. The van der Waals surface area contributed by atoms with Gasteiger partial charge in [-0.2, -0.15) is 0 Å². The summed E-state index contributed by atoms with van der Waals surface area (Å²) in [4.78, 5) is 56.1. The zero-order valence-corrected chi connectivity index (χ0v) is 17.8. The van der Waals surface area contributed by atoms with Crippen LogP contribution in [-0.4, -0.2) is 83.7 Å². The van der Waals surface area contributed by atoms with Gasteiger partial charge in [0.25, 0.3) is 0 Å². The molecule has 0 aliphatic carbocycles. The number of primary amides is 1. The second kappa shape index (κ2) is 9.50. The number of carbonyl (C=O) groups is 4. The van der Waals surface area contributed by atoms with Crippen LogP contribution in [0, 0.1) is 0 Å². The van der Waals surface area contributed by atoms with Crippen LogP contribution in [0.1, 0.15) is 33.3 Å². The molecule has 0 spiro atoms. The molecule has 1 aromatic carbocycles. The van der Waals surface area contributed by atoms with Crippen LogP contribution in [0.5, 0.6) is 5.75 Å². The highest BCUT2D eigenvalue weighted by Gasteiger charge is 2.29. The van der Waals surface area contributed by atoms with Gasteiger partial charge in [0, 0.05) is 37.1 Å². The lowest BCUT2D eigenvalue weighted by atomic mass is 9.99. The fourth-order valence-electron chi connectivity index (χ4n) is 3.71. The van der Waals surface area contributed by atoms with E-state index in [1.165, 1.54) is 24.1 Å². The predicted molar refractivity (Wildman–Crippen MR) is 113 cm³/mol. The van der Waals surface area contributed by atoms with E-state index in [0.29, 0.717) is 26.2 Å². The van der Waals surface area contributed by atoms with E-state index in [4.69, 9.17) is 15.2 Å². The van der Waals surface area contributed by atoms with Gasteiger partial charge in [0.1, 0.15) is 5.56 Å². The number of aromatic nitrogens is 1. The monoisotopic (exact) mass is 444 g/mol. The van der Waals surface area contributed by atoms with E-state index in [1.807, 2.05) is 0 Å².